The number of aromatic amines is 1. The van der Waals surface area contributed by atoms with Gasteiger partial charge >= 0.3 is 6.03 Å². The van der Waals surface area contributed by atoms with Crippen molar-refractivity contribution in [2.75, 3.05) is 19.0 Å². The molecule has 2 heterocycles. The van der Waals surface area contributed by atoms with Crippen LogP contribution in [0.15, 0.2) is 66.7 Å². The van der Waals surface area contributed by atoms with E-state index >= 15 is 0 Å². The third-order valence-corrected chi connectivity index (χ3v) is 6.20. The van der Waals surface area contributed by atoms with Gasteiger partial charge in [-0.25, -0.2) is 4.79 Å². The molecule has 0 bridgehead atoms. The molecule has 1 aliphatic heterocycles. The van der Waals surface area contributed by atoms with Crippen LogP contribution in [0.4, 0.5) is 10.5 Å². The molecule has 1 aliphatic rings. The molecule has 0 unspecified atom stereocenters. The van der Waals surface area contributed by atoms with Crippen LogP contribution in [0.2, 0.25) is 0 Å². The second-order valence-electron chi connectivity index (χ2n) is 8.49. The highest BCUT2D eigenvalue weighted by atomic mass is 16.5. The molecule has 3 aromatic carbocycles. The Morgan fingerprint density at radius 2 is 1.75 bits per heavy atom. The number of anilines is 1. The van der Waals surface area contributed by atoms with Gasteiger partial charge in [0.05, 0.1) is 13.2 Å². The van der Waals surface area contributed by atoms with Gasteiger partial charge in [-0.1, -0.05) is 36.4 Å². The minimum Gasteiger partial charge on any atom is -0.497 e. The lowest BCUT2D eigenvalue weighted by molar-refractivity contribution is 0.193. The minimum atomic E-state index is -0.206. The van der Waals surface area contributed by atoms with Gasteiger partial charge in [0, 0.05) is 28.8 Å². The molecule has 1 aromatic heterocycles. The van der Waals surface area contributed by atoms with E-state index in [1.54, 1.807) is 7.11 Å². The third-order valence-electron chi connectivity index (χ3n) is 6.20. The van der Waals surface area contributed by atoms with E-state index in [4.69, 9.17) is 4.74 Å². The van der Waals surface area contributed by atoms with E-state index in [0.717, 1.165) is 45.8 Å². The zero-order chi connectivity index (χ0) is 22.2. The maximum absolute atomic E-state index is 13.5. The van der Waals surface area contributed by atoms with Crippen LogP contribution >= 0.6 is 0 Å². The van der Waals surface area contributed by atoms with Gasteiger partial charge in [-0.05, 0) is 72.9 Å². The van der Waals surface area contributed by atoms with Crippen LogP contribution < -0.4 is 10.1 Å². The molecule has 0 radical (unpaired) electrons. The Hall–Kier alpha value is -3.73. The lowest BCUT2D eigenvalue weighted by atomic mass is 9.92. The summed E-state index contributed by atoms with van der Waals surface area (Å²) in [5, 5.41) is 4.36. The molecule has 1 atom stereocenters. The summed E-state index contributed by atoms with van der Waals surface area (Å²) in [6, 6.07) is 22.2. The first kappa shape index (κ1) is 20.2. The van der Waals surface area contributed by atoms with Crippen molar-refractivity contribution in [2.24, 2.45) is 0 Å². The first-order chi connectivity index (χ1) is 15.5. The largest absolute Gasteiger partial charge is 0.497 e. The number of para-hydroxylation sites is 1. The van der Waals surface area contributed by atoms with Gasteiger partial charge < -0.3 is 19.9 Å². The Bertz CT molecular complexity index is 1270. The average molecular weight is 426 g/mol. The molecule has 2 amide bonds. The van der Waals surface area contributed by atoms with Crippen molar-refractivity contribution in [3.05, 3.63) is 94.7 Å². The zero-order valence-corrected chi connectivity index (χ0v) is 18.6. The Morgan fingerprint density at radius 3 is 2.47 bits per heavy atom. The number of fused-ring (bicyclic) bond motifs is 3. The normalized spacial score (nSPS) is 15.5. The quantitative estimate of drug-likeness (QED) is 0.425. The number of aryl methyl sites for hydroxylation is 2. The predicted molar refractivity (Wildman–Crippen MR) is 128 cm³/mol. The standard InChI is InChI=1S/C27H27N3O2/c1-17-14-18(2)16-20(15-17)28-27(31)30-13-12-23-22-6-4-5-7-24(22)29-25(23)26(30)19-8-10-21(32-3)11-9-19/h4-11,14-16,26,29H,12-13H2,1-3H3,(H,28,31)/t26-/m0/s1. The molecule has 162 valence electrons. The van der Waals surface area contributed by atoms with E-state index in [0.29, 0.717) is 6.54 Å². The first-order valence-corrected chi connectivity index (χ1v) is 10.9. The van der Waals surface area contributed by atoms with Crippen molar-refractivity contribution in [1.82, 2.24) is 9.88 Å². The highest BCUT2D eigenvalue weighted by Gasteiger charge is 2.34. The molecule has 0 spiro atoms. The third kappa shape index (κ3) is 3.60. The molecular formula is C27H27N3O2. The molecule has 2 N–H and O–H groups in total. The molecule has 32 heavy (non-hydrogen) atoms. The Balaban J connectivity index is 1.56. The molecule has 0 saturated heterocycles. The average Bonchev–Trinajstić information content (AvgIpc) is 3.16. The van der Waals surface area contributed by atoms with Crippen LogP contribution in [0.25, 0.3) is 10.9 Å². The van der Waals surface area contributed by atoms with Crippen LogP contribution in [0.5, 0.6) is 5.75 Å². The SMILES string of the molecule is COc1ccc([C@H]2c3[nH]c4ccccc4c3CCN2C(=O)Nc2cc(C)cc(C)c2)cc1. The second kappa shape index (κ2) is 8.08. The lowest BCUT2D eigenvalue weighted by Crippen LogP contribution is -2.43. The van der Waals surface area contributed by atoms with E-state index in [1.165, 1.54) is 10.9 Å². The van der Waals surface area contributed by atoms with Crippen molar-refractivity contribution < 1.29 is 9.53 Å². The van der Waals surface area contributed by atoms with Crippen LogP contribution in [0, 0.1) is 13.8 Å². The van der Waals surface area contributed by atoms with Crippen molar-refractivity contribution in [3.8, 4) is 5.75 Å². The molecule has 4 aromatic rings. The number of nitrogens with zero attached hydrogens (tertiary/aromatic N) is 1. The van der Waals surface area contributed by atoms with Crippen LogP contribution in [0.3, 0.4) is 0 Å². The van der Waals surface area contributed by atoms with Gasteiger partial charge in [0.15, 0.2) is 0 Å². The van der Waals surface area contributed by atoms with Crippen molar-refractivity contribution in [1.29, 1.82) is 0 Å². The Morgan fingerprint density at radius 1 is 1.03 bits per heavy atom. The summed E-state index contributed by atoms with van der Waals surface area (Å²) < 4.78 is 5.35. The monoisotopic (exact) mass is 425 g/mol. The number of benzene rings is 3. The van der Waals surface area contributed by atoms with Gasteiger partial charge in [0.1, 0.15) is 5.75 Å². The van der Waals surface area contributed by atoms with Gasteiger partial charge in [-0.3, -0.25) is 0 Å². The number of rotatable bonds is 3. The van der Waals surface area contributed by atoms with Gasteiger partial charge in [0.2, 0.25) is 0 Å². The highest BCUT2D eigenvalue weighted by Crippen LogP contribution is 2.39. The number of carbonyl (C=O) groups excluding carboxylic acids is 1. The second-order valence-corrected chi connectivity index (χ2v) is 8.49. The zero-order valence-electron chi connectivity index (χ0n) is 18.6. The number of H-pyrrole nitrogens is 1. The van der Waals surface area contributed by atoms with E-state index in [1.807, 2.05) is 61.2 Å². The lowest BCUT2D eigenvalue weighted by Gasteiger charge is -2.36. The van der Waals surface area contributed by atoms with Gasteiger partial charge in [0.25, 0.3) is 0 Å². The number of hydrogen-bond acceptors (Lipinski definition) is 2. The topological polar surface area (TPSA) is 57.4 Å². The number of urea groups is 1. The molecule has 0 saturated carbocycles. The summed E-state index contributed by atoms with van der Waals surface area (Å²) in [4.78, 5) is 19.0. The highest BCUT2D eigenvalue weighted by molar-refractivity contribution is 5.91. The van der Waals surface area contributed by atoms with Crippen LogP contribution in [-0.2, 0) is 6.42 Å². The number of ether oxygens (including phenoxy) is 1. The molecule has 0 fully saturated rings. The molecular weight excluding hydrogens is 398 g/mol. The van der Waals surface area contributed by atoms with E-state index < -0.39 is 0 Å². The summed E-state index contributed by atoms with van der Waals surface area (Å²) in [5.41, 5.74) is 7.60. The fraction of sp³-hybridized carbons (Fsp3) is 0.222. The molecule has 5 rings (SSSR count). The number of nitrogens with one attached hydrogen (secondary N) is 2. The maximum Gasteiger partial charge on any atom is 0.322 e. The van der Waals surface area contributed by atoms with Crippen molar-refractivity contribution in [2.45, 2.75) is 26.3 Å². The number of hydrogen-bond donors (Lipinski definition) is 2. The van der Waals surface area contributed by atoms with E-state index in [-0.39, 0.29) is 12.1 Å². The Kier molecular flexibility index (Phi) is 5.10. The van der Waals surface area contributed by atoms with E-state index in [2.05, 4.69) is 34.6 Å². The summed E-state index contributed by atoms with van der Waals surface area (Å²) >= 11 is 0. The smallest absolute Gasteiger partial charge is 0.322 e. The van der Waals surface area contributed by atoms with Crippen LogP contribution in [-0.4, -0.2) is 29.6 Å². The minimum absolute atomic E-state index is 0.0971. The van der Waals surface area contributed by atoms with Crippen LogP contribution in [0.1, 0.15) is 34.0 Å². The van der Waals surface area contributed by atoms with Gasteiger partial charge in [-0.15, -0.1) is 0 Å². The number of aromatic nitrogens is 1. The summed E-state index contributed by atoms with van der Waals surface area (Å²) in [7, 11) is 1.66. The first-order valence-electron chi connectivity index (χ1n) is 10.9. The maximum atomic E-state index is 13.5. The fourth-order valence-corrected chi connectivity index (χ4v) is 4.83. The number of carbonyl (C=O) groups is 1. The van der Waals surface area contributed by atoms with Crippen molar-refractivity contribution >= 4 is 22.6 Å². The molecule has 5 nitrogen and oxygen atoms in total. The molecule has 5 heteroatoms. The predicted octanol–water partition coefficient (Wildman–Crippen LogP) is 5.97. The molecule has 0 aliphatic carbocycles. The van der Waals surface area contributed by atoms with Gasteiger partial charge in [-0.2, -0.15) is 0 Å². The van der Waals surface area contributed by atoms with Crippen molar-refractivity contribution in [3.63, 3.8) is 0 Å². The number of methoxy groups -OCH3 is 1. The Labute approximate surface area is 188 Å². The summed E-state index contributed by atoms with van der Waals surface area (Å²) in [6.45, 7) is 4.73. The summed E-state index contributed by atoms with van der Waals surface area (Å²) in [5.74, 6) is 0.799. The number of amides is 2. The fourth-order valence-electron chi connectivity index (χ4n) is 4.83. The van der Waals surface area contributed by atoms with E-state index in [9.17, 15) is 4.79 Å². The summed E-state index contributed by atoms with van der Waals surface area (Å²) in [6.07, 6.45) is 0.812.